The van der Waals surface area contributed by atoms with E-state index in [-0.39, 0.29) is 17.0 Å². The van der Waals surface area contributed by atoms with E-state index >= 15 is 0 Å². The van der Waals surface area contributed by atoms with Crippen molar-refractivity contribution in [3.63, 3.8) is 0 Å². The van der Waals surface area contributed by atoms with Crippen LogP contribution in [0.25, 0.3) is 10.9 Å². The normalized spacial score (nSPS) is 17.4. The quantitative estimate of drug-likeness (QED) is 0.782. The molecule has 0 saturated heterocycles. The molecule has 4 rings (SSSR count). The largest absolute Gasteiger partial charge is 0.452 e. The second-order valence-corrected chi connectivity index (χ2v) is 7.53. The Morgan fingerprint density at radius 2 is 2.21 bits per heavy atom. The number of amides is 1. The number of nitrogens with zero attached hydrogens (tertiary/aromatic N) is 3. The van der Waals surface area contributed by atoms with Crippen molar-refractivity contribution in [2.45, 2.75) is 44.7 Å². The molecule has 1 aromatic heterocycles. The van der Waals surface area contributed by atoms with Crippen molar-refractivity contribution >= 4 is 22.8 Å². The zero-order valence-electron chi connectivity index (χ0n) is 15.5. The molecular weight excluding hydrogens is 360 g/mol. The van der Waals surface area contributed by atoms with Crippen LogP contribution in [0.5, 0.6) is 0 Å². The Labute approximate surface area is 161 Å². The van der Waals surface area contributed by atoms with Gasteiger partial charge in [0.25, 0.3) is 11.5 Å². The van der Waals surface area contributed by atoms with E-state index in [1.165, 1.54) is 12.1 Å². The number of fused-ring (bicyclic) bond motifs is 2. The molecule has 1 N–H and O–H groups in total. The molecule has 2 heterocycles. The van der Waals surface area contributed by atoms with Crippen molar-refractivity contribution in [2.75, 3.05) is 6.61 Å². The van der Waals surface area contributed by atoms with Gasteiger partial charge in [-0.2, -0.15) is 5.26 Å². The van der Waals surface area contributed by atoms with Crippen molar-refractivity contribution in [3.05, 3.63) is 39.9 Å². The number of aryl methyl sites for hydroxylation is 1. The van der Waals surface area contributed by atoms with E-state index in [1.54, 1.807) is 17.6 Å². The van der Waals surface area contributed by atoms with Gasteiger partial charge in [-0.1, -0.05) is 0 Å². The molecule has 28 heavy (non-hydrogen) atoms. The SMILES string of the molecule is C[C@](C#N)(NC(=O)COC(=O)c1ccc2c(=O)n3c(nc2c1)CCC3)C1CC1. The minimum absolute atomic E-state index is 0.104. The minimum atomic E-state index is -0.932. The van der Waals surface area contributed by atoms with E-state index in [2.05, 4.69) is 16.4 Å². The number of carbonyl (C=O) groups is 2. The maximum absolute atomic E-state index is 12.5. The third-order valence-electron chi connectivity index (χ3n) is 5.41. The second-order valence-electron chi connectivity index (χ2n) is 7.53. The number of aromatic nitrogens is 2. The lowest BCUT2D eigenvalue weighted by molar-refractivity contribution is -0.125. The number of esters is 1. The number of benzene rings is 1. The molecular formula is C20H20N4O4. The summed E-state index contributed by atoms with van der Waals surface area (Å²) in [6, 6.07) is 6.70. The van der Waals surface area contributed by atoms with E-state index in [4.69, 9.17) is 4.74 Å². The molecule has 1 aliphatic heterocycles. The number of hydrogen-bond acceptors (Lipinski definition) is 6. The molecule has 2 aliphatic rings. The number of nitrogens with one attached hydrogen (secondary N) is 1. The van der Waals surface area contributed by atoms with E-state index in [1.807, 2.05) is 0 Å². The zero-order valence-corrected chi connectivity index (χ0v) is 15.5. The molecule has 8 heteroatoms. The lowest BCUT2D eigenvalue weighted by Crippen LogP contribution is -2.48. The summed E-state index contributed by atoms with van der Waals surface area (Å²) < 4.78 is 6.74. The molecule has 0 bridgehead atoms. The third-order valence-corrected chi connectivity index (χ3v) is 5.41. The Hall–Kier alpha value is -3.21. The molecule has 2 aromatic rings. The van der Waals surface area contributed by atoms with Crippen LogP contribution in [-0.2, 0) is 22.5 Å². The monoisotopic (exact) mass is 380 g/mol. The van der Waals surface area contributed by atoms with Gasteiger partial charge in [-0.05, 0) is 50.3 Å². The second kappa shape index (κ2) is 6.75. The lowest BCUT2D eigenvalue weighted by Gasteiger charge is -2.22. The van der Waals surface area contributed by atoms with E-state index in [0.717, 1.165) is 31.5 Å². The van der Waals surface area contributed by atoms with Gasteiger partial charge in [0.1, 0.15) is 11.4 Å². The summed E-state index contributed by atoms with van der Waals surface area (Å²) in [6.45, 7) is 1.87. The highest BCUT2D eigenvalue weighted by Gasteiger charge is 2.43. The molecule has 0 unspecified atom stereocenters. The Morgan fingerprint density at radius 3 is 2.93 bits per heavy atom. The van der Waals surface area contributed by atoms with Gasteiger partial charge in [0.2, 0.25) is 0 Å². The highest BCUT2D eigenvalue weighted by Crippen LogP contribution is 2.39. The van der Waals surface area contributed by atoms with Gasteiger partial charge >= 0.3 is 5.97 Å². The van der Waals surface area contributed by atoms with E-state index in [9.17, 15) is 19.6 Å². The fraction of sp³-hybridized carbons (Fsp3) is 0.450. The molecule has 1 saturated carbocycles. The Kier molecular flexibility index (Phi) is 4.38. The molecule has 1 fully saturated rings. The highest BCUT2D eigenvalue weighted by molar-refractivity contribution is 5.95. The summed E-state index contributed by atoms with van der Waals surface area (Å²) in [5.74, 6) is -0.327. The number of carbonyl (C=O) groups excluding carboxylic acids is 2. The van der Waals surface area contributed by atoms with Gasteiger partial charge < -0.3 is 10.1 Å². The zero-order chi connectivity index (χ0) is 19.9. The van der Waals surface area contributed by atoms with Gasteiger partial charge in [-0.3, -0.25) is 14.2 Å². The van der Waals surface area contributed by atoms with Gasteiger partial charge in [0.15, 0.2) is 6.61 Å². The van der Waals surface area contributed by atoms with Crippen LogP contribution in [0, 0.1) is 17.2 Å². The Bertz CT molecular complexity index is 1080. The molecule has 144 valence electrons. The number of hydrogen-bond donors (Lipinski definition) is 1. The first kappa shape index (κ1) is 18.2. The molecule has 0 spiro atoms. The maximum atomic E-state index is 12.5. The first-order valence-corrected chi connectivity index (χ1v) is 9.34. The van der Waals surface area contributed by atoms with Crippen LogP contribution in [-0.4, -0.2) is 33.6 Å². The number of nitriles is 1. The minimum Gasteiger partial charge on any atom is -0.452 e. The molecule has 0 radical (unpaired) electrons. The summed E-state index contributed by atoms with van der Waals surface area (Å²) in [7, 11) is 0. The third kappa shape index (κ3) is 3.24. The standard InChI is InChI=1S/C20H20N4O4/c1-20(11-21,13-5-6-13)23-17(25)10-28-19(27)12-4-7-14-15(9-12)22-16-3-2-8-24(16)18(14)26/h4,7,9,13H,2-3,5-6,8,10H2,1H3,(H,23,25)/t20-/m1/s1. The molecule has 8 nitrogen and oxygen atoms in total. The Balaban J connectivity index is 1.46. The van der Waals surface area contributed by atoms with Crippen LogP contribution in [0.3, 0.4) is 0 Å². The van der Waals surface area contributed by atoms with Crippen LogP contribution >= 0.6 is 0 Å². The average molecular weight is 380 g/mol. The van der Waals surface area contributed by atoms with Crippen molar-refractivity contribution in [1.82, 2.24) is 14.9 Å². The molecule has 1 aliphatic carbocycles. The average Bonchev–Trinajstić information content (AvgIpc) is 3.45. The Morgan fingerprint density at radius 1 is 1.43 bits per heavy atom. The predicted molar refractivity (Wildman–Crippen MR) is 99.5 cm³/mol. The van der Waals surface area contributed by atoms with Crippen molar-refractivity contribution in [3.8, 4) is 6.07 Å². The van der Waals surface area contributed by atoms with Crippen LogP contribution in [0.4, 0.5) is 0 Å². The van der Waals surface area contributed by atoms with E-state index in [0.29, 0.717) is 17.4 Å². The number of rotatable bonds is 5. The van der Waals surface area contributed by atoms with Gasteiger partial charge in [-0.25, -0.2) is 9.78 Å². The summed E-state index contributed by atoms with van der Waals surface area (Å²) >= 11 is 0. The van der Waals surface area contributed by atoms with Gasteiger partial charge in [0.05, 0.1) is 22.5 Å². The number of ether oxygens (including phenoxy) is 1. The predicted octanol–water partition coefficient (Wildman–Crippen LogP) is 1.31. The van der Waals surface area contributed by atoms with Gasteiger partial charge in [-0.15, -0.1) is 0 Å². The lowest BCUT2D eigenvalue weighted by atomic mass is 9.98. The van der Waals surface area contributed by atoms with Crippen LogP contribution < -0.4 is 10.9 Å². The fourth-order valence-electron chi connectivity index (χ4n) is 3.63. The van der Waals surface area contributed by atoms with Crippen molar-refractivity contribution in [2.24, 2.45) is 5.92 Å². The highest BCUT2D eigenvalue weighted by atomic mass is 16.5. The first-order chi connectivity index (χ1) is 13.4. The van der Waals surface area contributed by atoms with Crippen LogP contribution in [0.1, 0.15) is 42.4 Å². The molecule has 1 aromatic carbocycles. The molecule has 1 atom stereocenters. The van der Waals surface area contributed by atoms with Crippen molar-refractivity contribution < 1.29 is 14.3 Å². The van der Waals surface area contributed by atoms with Crippen molar-refractivity contribution in [1.29, 1.82) is 5.26 Å². The molecule has 1 amide bonds. The fourth-order valence-corrected chi connectivity index (χ4v) is 3.63. The van der Waals surface area contributed by atoms with Crippen LogP contribution in [0.2, 0.25) is 0 Å². The first-order valence-electron chi connectivity index (χ1n) is 9.34. The van der Waals surface area contributed by atoms with E-state index < -0.39 is 24.0 Å². The maximum Gasteiger partial charge on any atom is 0.338 e. The summed E-state index contributed by atoms with van der Waals surface area (Å²) in [6.07, 6.45) is 3.42. The van der Waals surface area contributed by atoms with Gasteiger partial charge in [0, 0.05) is 13.0 Å². The van der Waals surface area contributed by atoms with Crippen LogP contribution in [0.15, 0.2) is 23.0 Å². The summed E-state index contributed by atoms with van der Waals surface area (Å²) in [5.41, 5.74) is -0.366. The topological polar surface area (TPSA) is 114 Å². The summed E-state index contributed by atoms with van der Waals surface area (Å²) in [5, 5.41) is 12.4. The summed E-state index contributed by atoms with van der Waals surface area (Å²) in [4.78, 5) is 41.3. The smallest absolute Gasteiger partial charge is 0.338 e.